The largest absolute Gasteiger partial charge is 0.493 e. The molecule has 0 spiro atoms. The first-order valence-electron chi connectivity index (χ1n) is 5.95. The van der Waals surface area contributed by atoms with Crippen molar-refractivity contribution in [1.29, 1.82) is 0 Å². The van der Waals surface area contributed by atoms with Gasteiger partial charge in [0.15, 0.2) is 11.5 Å². The molecule has 0 unspecified atom stereocenters. The molecular weight excluding hydrogens is 282 g/mol. The summed E-state index contributed by atoms with van der Waals surface area (Å²) in [6, 6.07) is 5.81. The van der Waals surface area contributed by atoms with Crippen LogP contribution in [0.25, 0.3) is 0 Å². The van der Waals surface area contributed by atoms with E-state index < -0.39 is 0 Å². The van der Waals surface area contributed by atoms with Crippen molar-refractivity contribution in [2.75, 3.05) is 13.7 Å². The molecule has 0 aliphatic rings. The molecule has 102 valence electrons. The van der Waals surface area contributed by atoms with E-state index in [-0.39, 0.29) is 0 Å². The van der Waals surface area contributed by atoms with Crippen LogP contribution in [0.4, 0.5) is 0 Å². The van der Waals surface area contributed by atoms with Gasteiger partial charge in [0.1, 0.15) is 6.61 Å². The molecule has 2 aromatic rings. The topological polar surface area (TPSA) is 44.5 Å². The number of thiophene rings is 1. The minimum absolute atomic E-state index is 0.482. The Hall–Kier alpha value is -1.23. The summed E-state index contributed by atoms with van der Waals surface area (Å²) in [6.45, 7) is 1.06. The molecule has 2 N–H and O–H groups in total. The van der Waals surface area contributed by atoms with Gasteiger partial charge >= 0.3 is 0 Å². The molecule has 0 aliphatic carbocycles. The summed E-state index contributed by atoms with van der Waals surface area (Å²) in [5.41, 5.74) is 7.72. The van der Waals surface area contributed by atoms with Crippen molar-refractivity contribution in [1.82, 2.24) is 0 Å². The molecule has 0 bridgehead atoms. The fourth-order valence-electron chi connectivity index (χ4n) is 1.75. The second-order valence-corrected chi connectivity index (χ2v) is 5.26. The summed E-state index contributed by atoms with van der Waals surface area (Å²) in [5.74, 6) is 1.22. The average Bonchev–Trinajstić information content (AvgIpc) is 2.90. The third kappa shape index (κ3) is 3.62. The van der Waals surface area contributed by atoms with Crippen LogP contribution in [-0.2, 0) is 13.0 Å². The van der Waals surface area contributed by atoms with E-state index in [0.29, 0.717) is 29.7 Å². The molecule has 3 nitrogen and oxygen atoms in total. The van der Waals surface area contributed by atoms with Crippen molar-refractivity contribution in [3.63, 3.8) is 0 Å². The smallest absolute Gasteiger partial charge is 0.180 e. The van der Waals surface area contributed by atoms with Gasteiger partial charge in [0, 0.05) is 0 Å². The normalized spacial score (nSPS) is 10.5. The molecule has 2 rings (SSSR count). The van der Waals surface area contributed by atoms with E-state index in [1.807, 2.05) is 29.0 Å². The van der Waals surface area contributed by atoms with Crippen molar-refractivity contribution in [2.45, 2.75) is 13.0 Å². The van der Waals surface area contributed by atoms with Crippen LogP contribution in [0.2, 0.25) is 5.02 Å². The van der Waals surface area contributed by atoms with Crippen LogP contribution in [0.3, 0.4) is 0 Å². The van der Waals surface area contributed by atoms with Crippen molar-refractivity contribution in [3.8, 4) is 11.5 Å². The number of ether oxygens (including phenoxy) is 2. The van der Waals surface area contributed by atoms with Crippen molar-refractivity contribution in [2.24, 2.45) is 5.73 Å². The van der Waals surface area contributed by atoms with E-state index in [9.17, 15) is 0 Å². The molecule has 0 amide bonds. The number of halogens is 1. The highest BCUT2D eigenvalue weighted by molar-refractivity contribution is 7.07. The molecule has 0 saturated carbocycles. The molecular formula is C14H16ClNO2S. The second-order valence-electron chi connectivity index (χ2n) is 4.07. The number of rotatable bonds is 6. The Labute approximate surface area is 121 Å². The zero-order valence-electron chi connectivity index (χ0n) is 10.7. The Kier molecular flexibility index (Phi) is 5.07. The molecule has 5 heteroatoms. The van der Waals surface area contributed by atoms with Gasteiger partial charge in [0.25, 0.3) is 0 Å². The van der Waals surface area contributed by atoms with Crippen LogP contribution in [0.5, 0.6) is 11.5 Å². The zero-order valence-corrected chi connectivity index (χ0v) is 12.3. The van der Waals surface area contributed by atoms with E-state index in [2.05, 4.69) is 0 Å². The van der Waals surface area contributed by atoms with Gasteiger partial charge in [-0.1, -0.05) is 11.6 Å². The predicted octanol–water partition coefficient (Wildman–Crippen LogP) is 3.49. The van der Waals surface area contributed by atoms with Crippen molar-refractivity contribution >= 4 is 22.9 Å². The molecule has 1 aromatic carbocycles. The molecule has 0 fully saturated rings. The average molecular weight is 298 g/mol. The van der Waals surface area contributed by atoms with Gasteiger partial charge in [-0.3, -0.25) is 0 Å². The highest BCUT2D eigenvalue weighted by atomic mass is 35.5. The van der Waals surface area contributed by atoms with Gasteiger partial charge in [-0.2, -0.15) is 11.3 Å². The zero-order chi connectivity index (χ0) is 13.7. The lowest BCUT2D eigenvalue weighted by molar-refractivity contribution is 0.285. The number of methoxy groups -OCH3 is 1. The fraction of sp³-hybridized carbons (Fsp3) is 0.286. The number of nitrogens with two attached hydrogens (primary N) is 1. The Morgan fingerprint density at radius 3 is 2.79 bits per heavy atom. The van der Waals surface area contributed by atoms with Gasteiger partial charge in [0.2, 0.25) is 0 Å². The third-order valence-electron chi connectivity index (χ3n) is 2.69. The van der Waals surface area contributed by atoms with Gasteiger partial charge in [-0.05, 0) is 53.1 Å². The maximum absolute atomic E-state index is 6.25. The molecule has 0 radical (unpaired) electrons. The van der Waals surface area contributed by atoms with E-state index in [1.54, 1.807) is 18.4 Å². The number of hydrogen-bond acceptors (Lipinski definition) is 4. The SMILES string of the molecule is COc1cc(CCN)cc(Cl)c1OCc1ccsc1. The van der Waals surface area contributed by atoms with E-state index in [0.717, 1.165) is 17.5 Å². The van der Waals surface area contributed by atoms with Crippen molar-refractivity contribution < 1.29 is 9.47 Å². The molecule has 1 heterocycles. The van der Waals surface area contributed by atoms with Gasteiger partial charge in [-0.25, -0.2) is 0 Å². The van der Waals surface area contributed by atoms with Gasteiger partial charge in [-0.15, -0.1) is 0 Å². The Morgan fingerprint density at radius 1 is 1.32 bits per heavy atom. The first-order chi connectivity index (χ1) is 9.24. The summed E-state index contributed by atoms with van der Waals surface area (Å²) in [5, 5.41) is 4.61. The van der Waals surface area contributed by atoms with Crippen LogP contribution in [0.1, 0.15) is 11.1 Å². The lowest BCUT2D eigenvalue weighted by Crippen LogP contribution is -2.04. The number of hydrogen-bond donors (Lipinski definition) is 1. The molecule has 0 aliphatic heterocycles. The Balaban J connectivity index is 2.18. The highest BCUT2D eigenvalue weighted by Crippen LogP contribution is 2.37. The second kappa shape index (κ2) is 6.80. The van der Waals surface area contributed by atoms with Gasteiger partial charge < -0.3 is 15.2 Å². The standard InChI is InChI=1S/C14H16ClNO2S/c1-17-13-7-10(2-4-16)6-12(15)14(13)18-8-11-3-5-19-9-11/h3,5-7,9H,2,4,8,16H2,1H3. The molecule has 19 heavy (non-hydrogen) atoms. The number of benzene rings is 1. The summed E-state index contributed by atoms with van der Waals surface area (Å²) in [4.78, 5) is 0. The predicted molar refractivity (Wildman–Crippen MR) is 79.4 cm³/mol. The van der Waals surface area contributed by atoms with Crippen LogP contribution >= 0.6 is 22.9 Å². The quantitative estimate of drug-likeness (QED) is 0.887. The third-order valence-corrected chi connectivity index (χ3v) is 3.70. The minimum atomic E-state index is 0.482. The minimum Gasteiger partial charge on any atom is -0.493 e. The Bertz CT molecular complexity index is 528. The summed E-state index contributed by atoms with van der Waals surface area (Å²) < 4.78 is 11.1. The van der Waals surface area contributed by atoms with Crippen LogP contribution in [0.15, 0.2) is 29.0 Å². The molecule has 1 aromatic heterocycles. The summed E-state index contributed by atoms with van der Waals surface area (Å²) in [7, 11) is 1.61. The highest BCUT2D eigenvalue weighted by Gasteiger charge is 2.12. The van der Waals surface area contributed by atoms with Crippen LogP contribution < -0.4 is 15.2 Å². The first kappa shape index (κ1) is 14.2. The van der Waals surface area contributed by atoms with Crippen molar-refractivity contribution in [3.05, 3.63) is 45.1 Å². The first-order valence-corrected chi connectivity index (χ1v) is 7.27. The fourth-order valence-corrected chi connectivity index (χ4v) is 2.70. The molecule has 0 saturated heterocycles. The lowest BCUT2D eigenvalue weighted by Gasteiger charge is -2.13. The van der Waals surface area contributed by atoms with Gasteiger partial charge in [0.05, 0.1) is 12.1 Å². The Morgan fingerprint density at radius 2 is 2.16 bits per heavy atom. The van der Waals surface area contributed by atoms with Crippen LogP contribution in [0, 0.1) is 0 Å². The summed E-state index contributed by atoms with van der Waals surface area (Å²) >= 11 is 7.89. The van der Waals surface area contributed by atoms with E-state index in [1.165, 1.54) is 0 Å². The monoisotopic (exact) mass is 297 g/mol. The molecule has 0 atom stereocenters. The maximum atomic E-state index is 6.25. The van der Waals surface area contributed by atoms with Crippen LogP contribution in [-0.4, -0.2) is 13.7 Å². The van der Waals surface area contributed by atoms with E-state index in [4.69, 9.17) is 26.8 Å². The van der Waals surface area contributed by atoms with E-state index >= 15 is 0 Å². The lowest BCUT2D eigenvalue weighted by atomic mass is 10.1. The summed E-state index contributed by atoms with van der Waals surface area (Å²) in [6.07, 6.45) is 0.765. The maximum Gasteiger partial charge on any atom is 0.180 e.